The number of nitrogens with zero attached hydrogens (tertiary/aromatic N) is 2. The van der Waals surface area contributed by atoms with Crippen molar-refractivity contribution in [1.29, 1.82) is 0 Å². The molecule has 56 heavy (non-hydrogen) atoms. The summed E-state index contributed by atoms with van der Waals surface area (Å²) in [6.45, 7) is 0. The molecule has 5 heteroatoms. The first-order chi connectivity index (χ1) is 27.7. The smallest absolute Gasteiger partial charge is 0.137 e. The van der Waals surface area contributed by atoms with Gasteiger partial charge in [0, 0.05) is 55.6 Å². The average Bonchev–Trinajstić information content (AvgIpc) is 3.97. The van der Waals surface area contributed by atoms with Gasteiger partial charge in [0.2, 0.25) is 0 Å². The van der Waals surface area contributed by atoms with Crippen molar-refractivity contribution < 1.29 is 8.83 Å². The number of fused-ring (bicyclic) bond motifs is 10. The van der Waals surface area contributed by atoms with Gasteiger partial charge in [0.05, 0.1) is 10.2 Å². The molecule has 12 aromatic rings. The summed E-state index contributed by atoms with van der Waals surface area (Å²) in [5.41, 5.74) is 10.9. The molecular weight excluding hydrogens is 705 g/mol. The first-order valence-electron chi connectivity index (χ1n) is 18.8. The van der Waals surface area contributed by atoms with Gasteiger partial charge in [-0.05, 0) is 94.0 Å². The highest BCUT2D eigenvalue weighted by atomic mass is 32.1. The largest absolute Gasteiger partial charge is 0.456 e. The molecule has 0 spiro atoms. The van der Waals surface area contributed by atoms with Crippen molar-refractivity contribution >= 4 is 104 Å². The van der Waals surface area contributed by atoms with Crippen LogP contribution in [0.4, 0.5) is 17.1 Å². The maximum atomic E-state index is 6.71. The van der Waals surface area contributed by atoms with E-state index in [1.807, 2.05) is 12.1 Å². The summed E-state index contributed by atoms with van der Waals surface area (Å²) in [7, 11) is 0. The van der Waals surface area contributed by atoms with Crippen LogP contribution in [0.15, 0.2) is 191 Å². The molecule has 0 bridgehead atoms. The van der Waals surface area contributed by atoms with E-state index in [0.29, 0.717) is 0 Å². The van der Waals surface area contributed by atoms with Crippen molar-refractivity contribution in [3.05, 3.63) is 182 Å². The highest BCUT2D eigenvalue weighted by Gasteiger charge is 2.20. The third-order valence-electron chi connectivity index (χ3n) is 11.1. The van der Waals surface area contributed by atoms with Crippen molar-refractivity contribution in [3.63, 3.8) is 0 Å². The molecule has 12 rings (SSSR count). The molecule has 3 aromatic heterocycles. The molecule has 262 valence electrons. The summed E-state index contributed by atoms with van der Waals surface area (Å²) in [4.78, 5) is 7.54. The highest BCUT2D eigenvalue weighted by Crippen LogP contribution is 2.45. The number of furan rings is 2. The molecule has 0 saturated heterocycles. The second-order valence-corrected chi connectivity index (χ2v) is 15.4. The molecule has 0 aliphatic rings. The number of benzene rings is 9. The molecular formula is C51H30N2O2S. The number of hydrogen-bond donors (Lipinski definition) is 0. The van der Waals surface area contributed by atoms with Gasteiger partial charge in [-0.2, -0.15) is 0 Å². The second-order valence-electron chi connectivity index (χ2n) is 14.3. The van der Waals surface area contributed by atoms with Crippen LogP contribution in [0.1, 0.15) is 0 Å². The van der Waals surface area contributed by atoms with E-state index in [1.54, 1.807) is 11.3 Å². The van der Waals surface area contributed by atoms with E-state index in [4.69, 9.17) is 13.8 Å². The third kappa shape index (κ3) is 4.88. The molecule has 0 unspecified atom stereocenters. The Morgan fingerprint density at radius 1 is 0.411 bits per heavy atom. The molecule has 0 saturated carbocycles. The number of rotatable bonds is 5. The van der Waals surface area contributed by atoms with Crippen molar-refractivity contribution in [1.82, 2.24) is 4.98 Å². The molecule has 3 heterocycles. The van der Waals surface area contributed by atoms with Gasteiger partial charge in [0.1, 0.15) is 27.3 Å². The van der Waals surface area contributed by atoms with Crippen LogP contribution in [-0.2, 0) is 0 Å². The van der Waals surface area contributed by atoms with Gasteiger partial charge in [0.25, 0.3) is 0 Å². The zero-order valence-corrected chi connectivity index (χ0v) is 30.8. The van der Waals surface area contributed by atoms with Crippen LogP contribution in [-0.4, -0.2) is 4.98 Å². The minimum absolute atomic E-state index is 0.821. The van der Waals surface area contributed by atoms with Crippen molar-refractivity contribution in [2.45, 2.75) is 0 Å². The standard InChI is InChI=1S/C51H30N2O2S/c1-2-11-33-27-35(20-19-31(33)9-1)34-12-7-13-36(28-34)53(37-23-25-45-43(29-37)40-15-5-6-17-44(40)54-45)38-22-24-41-47(30-38)55-46-18-8-16-42(49(41)46)51-52-50-39-14-4-3-10-32(39)21-26-48(50)56-51/h1-30H. The molecule has 0 aliphatic heterocycles. The van der Waals surface area contributed by atoms with E-state index in [2.05, 4.69) is 175 Å². The van der Waals surface area contributed by atoms with Crippen molar-refractivity contribution in [3.8, 4) is 21.7 Å². The topological polar surface area (TPSA) is 42.4 Å². The van der Waals surface area contributed by atoms with Gasteiger partial charge in [-0.15, -0.1) is 11.3 Å². The molecule has 4 nitrogen and oxygen atoms in total. The molecule has 0 fully saturated rings. The normalized spacial score (nSPS) is 11.9. The zero-order chi connectivity index (χ0) is 36.7. The average molecular weight is 735 g/mol. The van der Waals surface area contributed by atoms with Gasteiger partial charge in [-0.3, -0.25) is 0 Å². The van der Waals surface area contributed by atoms with Gasteiger partial charge in [0.15, 0.2) is 0 Å². The summed E-state index contributed by atoms with van der Waals surface area (Å²) >= 11 is 1.73. The van der Waals surface area contributed by atoms with Crippen LogP contribution in [0.3, 0.4) is 0 Å². The number of aromatic nitrogens is 1. The van der Waals surface area contributed by atoms with E-state index >= 15 is 0 Å². The number of anilines is 3. The summed E-state index contributed by atoms with van der Waals surface area (Å²) in [5.74, 6) is 0. The quantitative estimate of drug-likeness (QED) is 0.177. The zero-order valence-electron chi connectivity index (χ0n) is 29.9. The SMILES string of the molecule is c1cc(-c2ccc3ccccc3c2)cc(N(c2ccc3c(c2)oc2cccc(-c4nc5c(ccc6ccccc65)s4)c23)c2ccc3oc4ccccc4c3c2)c1. The predicted molar refractivity (Wildman–Crippen MR) is 235 cm³/mol. The predicted octanol–water partition coefficient (Wildman–Crippen LogP) is 15.2. The Labute approximate surface area is 325 Å². The summed E-state index contributed by atoms with van der Waals surface area (Å²) in [6.07, 6.45) is 0. The van der Waals surface area contributed by atoms with Crippen LogP contribution >= 0.6 is 11.3 Å². The Balaban J connectivity index is 1.03. The lowest BCUT2D eigenvalue weighted by atomic mass is 10.0. The number of thiazole rings is 1. The molecule has 0 amide bonds. The fourth-order valence-electron chi connectivity index (χ4n) is 8.40. The van der Waals surface area contributed by atoms with E-state index < -0.39 is 0 Å². The lowest BCUT2D eigenvalue weighted by Crippen LogP contribution is -2.10. The minimum atomic E-state index is 0.821. The molecule has 9 aromatic carbocycles. The molecule has 0 aliphatic carbocycles. The van der Waals surface area contributed by atoms with Crippen molar-refractivity contribution in [2.75, 3.05) is 4.90 Å². The van der Waals surface area contributed by atoms with Crippen LogP contribution in [0.2, 0.25) is 0 Å². The first kappa shape index (κ1) is 31.2. The number of para-hydroxylation sites is 1. The maximum Gasteiger partial charge on any atom is 0.137 e. The van der Waals surface area contributed by atoms with Crippen LogP contribution in [0, 0.1) is 0 Å². The minimum Gasteiger partial charge on any atom is -0.456 e. The molecule has 0 atom stereocenters. The Bertz CT molecular complexity index is 3520. The molecule has 0 radical (unpaired) electrons. The summed E-state index contributed by atoms with van der Waals surface area (Å²) < 4.78 is 14.1. The Hall–Kier alpha value is -7.21. The highest BCUT2D eigenvalue weighted by molar-refractivity contribution is 7.21. The van der Waals surface area contributed by atoms with Gasteiger partial charge < -0.3 is 13.7 Å². The summed E-state index contributed by atoms with van der Waals surface area (Å²) in [6, 6.07) is 64.4. The first-order valence-corrected chi connectivity index (χ1v) is 19.6. The second kappa shape index (κ2) is 12.2. The Kier molecular flexibility index (Phi) is 6.76. The maximum absolute atomic E-state index is 6.71. The molecule has 0 N–H and O–H groups in total. The van der Waals surface area contributed by atoms with Gasteiger partial charge in [-0.1, -0.05) is 109 Å². The fourth-order valence-corrected chi connectivity index (χ4v) is 9.42. The van der Waals surface area contributed by atoms with E-state index in [1.165, 1.54) is 31.8 Å². The third-order valence-corrected chi connectivity index (χ3v) is 12.1. The lowest BCUT2D eigenvalue weighted by Gasteiger charge is -2.26. The van der Waals surface area contributed by atoms with Crippen LogP contribution < -0.4 is 4.90 Å². The van der Waals surface area contributed by atoms with E-state index in [-0.39, 0.29) is 0 Å². The van der Waals surface area contributed by atoms with E-state index in [0.717, 1.165) is 82.6 Å². The van der Waals surface area contributed by atoms with E-state index in [9.17, 15) is 0 Å². The van der Waals surface area contributed by atoms with Crippen LogP contribution in [0.25, 0.3) is 97.3 Å². The fraction of sp³-hybridized carbons (Fsp3) is 0. The summed E-state index contributed by atoms with van der Waals surface area (Å²) in [5, 5.41) is 10.1. The van der Waals surface area contributed by atoms with Crippen LogP contribution in [0.5, 0.6) is 0 Å². The Morgan fingerprint density at radius 3 is 2.05 bits per heavy atom. The Morgan fingerprint density at radius 2 is 1.11 bits per heavy atom. The monoisotopic (exact) mass is 734 g/mol. The van der Waals surface area contributed by atoms with Crippen molar-refractivity contribution in [2.24, 2.45) is 0 Å². The lowest BCUT2D eigenvalue weighted by molar-refractivity contribution is 0.668. The van der Waals surface area contributed by atoms with Gasteiger partial charge in [-0.25, -0.2) is 4.98 Å². The number of hydrogen-bond acceptors (Lipinski definition) is 5. The van der Waals surface area contributed by atoms with Gasteiger partial charge >= 0.3 is 0 Å².